The zero-order valence-corrected chi connectivity index (χ0v) is 7.89. The first-order valence-corrected chi connectivity index (χ1v) is 4.26. The van der Waals surface area contributed by atoms with Crippen molar-refractivity contribution in [1.29, 1.82) is 0 Å². The number of aliphatic hydroxyl groups excluding tert-OH is 1. The summed E-state index contributed by atoms with van der Waals surface area (Å²) in [4.78, 5) is 0. The molecule has 64 valence electrons. The van der Waals surface area contributed by atoms with E-state index in [1.165, 1.54) is 5.57 Å². The Balaban J connectivity index is 2.59. The molecule has 1 fully saturated rings. The van der Waals surface area contributed by atoms with E-state index in [4.69, 9.17) is 5.11 Å². The Labute approximate surface area is 69.1 Å². The van der Waals surface area contributed by atoms with Gasteiger partial charge in [-0.3, -0.25) is 0 Å². The van der Waals surface area contributed by atoms with Gasteiger partial charge < -0.3 is 5.11 Å². The first-order valence-electron chi connectivity index (χ1n) is 4.26. The SMILES string of the molecule is CC(C)=C[C@H]1[C@@H](CO)C1(C)C. The van der Waals surface area contributed by atoms with Crippen LogP contribution in [-0.2, 0) is 0 Å². The van der Waals surface area contributed by atoms with Crippen LogP contribution in [0.5, 0.6) is 0 Å². The monoisotopic (exact) mass is 154 g/mol. The van der Waals surface area contributed by atoms with Gasteiger partial charge in [-0.1, -0.05) is 25.5 Å². The fourth-order valence-electron chi connectivity index (χ4n) is 1.83. The molecule has 0 aromatic heterocycles. The Hall–Kier alpha value is -0.300. The van der Waals surface area contributed by atoms with Crippen LogP contribution < -0.4 is 0 Å². The van der Waals surface area contributed by atoms with Crippen molar-refractivity contribution in [2.45, 2.75) is 27.7 Å². The molecule has 1 saturated carbocycles. The van der Waals surface area contributed by atoms with Gasteiger partial charge in [-0.25, -0.2) is 0 Å². The summed E-state index contributed by atoms with van der Waals surface area (Å²) in [5.74, 6) is 1.11. The third kappa shape index (κ3) is 1.48. The van der Waals surface area contributed by atoms with Crippen molar-refractivity contribution in [1.82, 2.24) is 0 Å². The molecule has 2 atom stereocenters. The maximum Gasteiger partial charge on any atom is 0.0470 e. The molecule has 0 unspecified atom stereocenters. The summed E-state index contributed by atoms with van der Waals surface area (Å²) >= 11 is 0. The molecule has 0 aliphatic heterocycles. The fourth-order valence-corrected chi connectivity index (χ4v) is 1.83. The Kier molecular flexibility index (Phi) is 2.10. The van der Waals surface area contributed by atoms with E-state index >= 15 is 0 Å². The molecule has 0 bridgehead atoms. The lowest BCUT2D eigenvalue weighted by Crippen LogP contribution is -1.93. The second-order valence-electron chi connectivity index (χ2n) is 4.38. The molecular weight excluding hydrogens is 136 g/mol. The van der Waals surface area contributed by atoms with Gasteiger partial charge in [0.2, 0.25) is 0 Å². The van der Waals surface area contributed by atoms with Gasteiger partial charge in [-0.15, -0.1) is 0 Å². The van der Waals surface area contributed by atoms with Crippen molar-refractivity contribution in [3.63, 3.8) is 0 Å². The van der Waals surface area contributed by atoms with Crippen LogP contribution >= 0.6 is 0 Å². The molecule has 0 amide bonds. The van der Waals surface area contributed by atoms with Crippen LogP contribution in [-0.4, -0.2) is 11.7 Å². The second kappa shape index (κ2) is 2.63. The molecule has 0 heterocycles. The summed E-state index contributed by atoms with van der Waals surface area (Å²) in [5, 5.41) is 9.00. The standard InChI is InChI=1S/C10H18O/c1-7(2)5-8-9(6-11)10(8,3)4/h5,8-9,11H,6H2,1-4H3/t8-,9+/m0/s1. The number of hydrogen-bond donors (Lipinski definition) is 1. The molecule has 0 spiro atoms. The summed E-state index contributed by atoms with van der Waals surface area (Å²) < 4.78 is 0. The highest BCUT2D eigenvalue weighted by molar-refractivity contribution is 5.16. The Morgan fingerprint density at radius 1 is 1.45 bits per heavy atom. The van der Waals surface area contributed by atoms with Crippen molar-refractivity contribution in [3.8, 4) is 0 Å². The highest BCUT2D eigenvalue weighted by Crippen LogP contribution is 2.58. The van der Waals surface area contributed by atoms with E-state index in [9.17, 15) is 0 Å². The lowest BCUT2D eigenvalue weighted by molar-refractivity contribution is 0.256. The maximum atomic E-state index is 9.00. The van der Waals surface area contributed by atoms with Gasteiger partial charge in [-0.2, -0.15) is 0 Å². The van der Waals surface area contributed by atoms with Crippen molar-refractivity contribution in [3.05, 3.63) is 11.6 Å². The van der Waals surface area contributed by atoms with E-state index < -0.39 is 0 Å². The molecule has 1 N–H and O–H groups in total. The third-order valence-corrected chi connectivity index (χ3v) is 2.85. The molecule has 1 nitrogen and oxygen atoms in total. The van der Waals surface area contributed by atoms with Gasteiger partial charge in [0.15, 0.2) is 0 Å². The lowest BCUT2D eigenvalue weighted by atomic mass is 10.1. The molecule has 0 saturated heterocycles. The van der Waals surface area contributed by atoms with Crippen LogP contribution in [0.15, 0.2) is 11.6 Å². The number of hydrogen-bond acceptors (Lipinski definition) is 1. The number of allylic oxidation sites excluding steroid dienone is 2. The fraction of sp³-hybridized carbons (Fsp3) is 0.800. The van der Waals surface area contributed by atoms with Gasteiger partial charge in [0, 0.05) is 6.61 Å². The average Bonchev–Trinajstić information content (AvgIpc) is 2.33. The topological polar surface area (TPSA) is 20.2 Å². The number of aliphatic hydroxyl groups is 1. The molecule has 1 rings (SSSR count). The minimum Gasteiger partial charge on any atom is -0.396 e. The van der Waals surface area contributed by atoms with Crippen molar-refractivity contribution < 1.29 is 5.11 Å². The minimum absolute atomic E-state index is 0.335. The van der Waals surface area contributed by atoms with E-state index in [-0.39, 0.29) is 0 Å². The maximum absolute atomic E-state index is 9.00. The molecule has 0 aromatic rings. The summed E-state index contributed by atoms with van der Waals surface area (Å²) in [6.45, 7) is 9.00. The largest absolute Gasteiger partial charge is 0.396 e. The zero-order valence-electron chi connectivity index (χ0n) is 7.89. The van der Waals surface area contributed by atoms with Crippen LogP contribution in [0.3, 0.4) is 0 Å². The summed E-state index contributed by atoms with van der Waals surface area (Å²) in [7, 11) is 0. The van der Waals surface area contributed by atoms with Gasteiger partial charge in [-0.05, 0) is 31.1 Å². The highest BCUT2D eigenvalue weighted by Gasteiger charge is 2.55. The van der Waals surface area contributed by atoms with Crippen molar-refractivity contribution >= 4 is 0 Å². The predicted molar refractivity (Wildman–Crippen MR) is 47.3 cm³/mol. The Morgan fingerprint density at radius 3 is 2.27 bits per heavy atom. The van der Waals surface area contributed by atoms with Gasteiger partial charge >= 0.3 is 0 Å². The van der Waals surface area contributed by atoms with Crippen LogP contribution in [0, 0.1) is 17.3 Å². The summed E-state index contributed by atoms with van der Waals surface area (Å²) in [6, 6.07) is 0. The van der Waals surface area contributed by atoms with E-state index in [0.717, 1.165) is 0 Å². The van der Waals surface area contributed by atoms with Crippen LogP contribution in [0.1, 0.15) is 27.7 Å². The molecule has 1 aliphatic carbocycles. The molecular formula is C10H18O. The van der Waals surface area contributed by atoms with E-state index in [0.29, 0.717) is 23.9 Å². The van der Waals surface area contributed by atoms with Gasteiger partial charge in [0.1, 0.15) is 0 Å². The van der Waals surface area contributed by atoms with Crippen molar-refractivity contribution in [2.75, 3.05) is 6.61 Å². The molecule has 0 radical (unpaired) electrons. The summed E-state index contributed by atoms with van der Waals surface area (Å²) in [6.07, 6.45) is 2.28. The van der Waals surface area contributed by atoms with Crippen molar-refractivity contribution in [2.24, 2.45) is 17.3 Å². The normalized spacial score (nSPS) is 33.2. The smallest absolute Gasteiger partial charge is 0.0470 e. The minimum atomic E-state index is 0.335. The first-order chi connectivity index (χ1) is 5.00. The quantitative estimate of drug-likeness (QED) is 0.605. The van der Waals surface area contributed by atoms with E-state index in [1.807, 2.05) is 0 Å². The van der Waals surface area contributed by atoms with Gasteiger partial charge in [0.05, 0.1) is 0 Å². The summed E-state index contributed by atoms with van der Waals surface area (Å²) in [5.41, 5.74) is 1.70. The zero-order chi connectivity index (χ0) is 8.65. The van der Waals surface area contributed by atoms with Crippen LogP contribution in [0.25, 0.3) is 0 Å². The molecule has 0 aromatic carbocycles. The molecule has 1 heteroatoms. The second-order valence-corrected chi connectivity index (χ2v) is 4.38. The van der Waals surface area contributed by atoms with Gasteiger partial charge in [0.25, 0.3) is 0 Å². The lowest BCUT2D eigenvalue weighted by Gasteiger charge is -1.97. The highest BCUT2D eigenvalue weighted by atomic mass is 16.3. The van der Waals surface area contributed by atoms with E-state index in [1.54, 1.807) is 0 Å². The Bertz CT molecular complexity index is 175. The van der Waals surface area contributed by atoms with Crippen LogP contribution in [0.2, 0.25) is 0 Å². The predicted octanol–water partition coefficient (Wildman–Crippen LogP) is 2.22. The van der Waals surface area contributed by atoms with Crippen LogP contribution in [0.4, 0.5) is 0 Å². The third-order valence-electron chi connectivity index (χ3n) is 2.85. The number of rotatable bonds is 2. The molecule has 1 aliphatic rings. The Morgan fingerprint density at radius 2 is 2.00 bits per heavy atom. The van der Waals surface area contributed by atoms with E-state index in [2.05, 4.69) is 33.8 Å². The molecule has 11 heavy (non-hydrogen) atoms. The first kappa shape index (κ1) is 8.79. The average molecular weight is 154 g/mol.